The highest BCUT2D eigenvalue weighted by Gasteiger charge is 2.18. The molecule has 2 N–H and O–H groups in total. The highest BCUT2D eigenvalue weighted by atomic mass is 35.5. The second-order valence-electron chi connectivity index (χ2n) is 5.03. The average molecular weight is 314 g/mol. The summed E-state index contributed by atoms with van der Waals surface area (Å²) < 4.78 is 2.25. The molecule has 0 atom stereocenters. The number of aryl methyl sites for hydroxylation is 1. The lowest BCUT2D eigenvalue weighted by Crippen LogP contribution is -2.11. The van der Waals surface area contributed by atoms with Gasteiger partial charge in [0.2, 0.25) is 0 Å². The molecule has 1 heterocycles. The zero-order valence-electron chi connectivity index (χ0n) is 12.0. The molecule has 20 heavy (non-hydrogen) atoms. The Hall–Kier alpha value is -0.770. The van der Waals surface area contributed by atoms with Gasteiger partial charge in [0.25, 0.3) is 0 Å². The molecule has 3 nitrogen and oxygen atoms in total. The van der Waals surface area contributed by atoms with Gasteiger partial charge in [-0.25, -0.2) is 4.98 Å². The molecule has 0 saturated heterocycles. The van der Waals surface area contributed by atoms with Crippen LogP contribution < -0.4 is 5.73 Å². The number of benzene rings is 1. The van der Waals surface area contributed by atoms with Crippen molar-refractivity contribution < 1.29 is 0 Å². The fraction of sp³-hybridized carbons (Fsp3) is 0.533. The molecule has 0 aliphatic heterocycles. The number of aromatic nitrogens is 2. The first-order chi connectivity index (χ1) is 9.62. The quantitative estimate of drug-likeness (QED) is 0.847. The van der Waals surface area contributed by atoms with Crippen molar-refractivity contribution in [1.82, 2.24) is 9.55 Å². The van der Waals surface area contributed by atoms with Gasteiger partial charge in [0, 0.05) is 12.5 Å². The predicted molar refractivity (Wildman–Crippen MR) is 86.7 cm³/mol. The van der Waals surface area contributed by atoms with Gasteiger partial charge in [0.1, 0.15) is 5.82 Å². The molecule has 110 valence electrons. The first kappa shape index (κ1) is 15.6. The smallest absolute Gasteiger partial charge is 0.112 e. The van der Waals surface area contributed by atoms with E-state index < -0.39 is 0 Å². The summed E-state index contributed by atoms with van der Waals surface area (Å²) in [6.07, 6.45) is 3.08. The number of rotatable bonds is 6. The van der Waals surface area contributed by atoms with Crippen LogP contribution in [0.15, 0.2) is 12.1 Å². The van der Waals surface area contributed by atoms with E-state index in [0.717, 1.165) is 42.7 Å². The van der Waals surface area contributed by atoms with Crippen LogP contribution in [0.3, 0.4) is 0 Å². The highest BCUT2D eigenvalue weighted by Crippen LogP contribution is 2.32. The number of fused-ring (bicyclic) bond motifs is 1. The molecule has 0 radical (unpaired) electrons. The molecular formula is C15H21Cl2N3. The Bertz CT molecular complexity index is 588. The van der Waals surface area contributed by atoms with E-state index in [-0.39, 0.29) is 0 Å². The SMILES string of the molecule is CCC(CC)c1nc2cc(Cl)c(Cl)cc2n1CCCN. The maximum Gasteiger partial charge on any atom is 0.112 e. The minimum atomic E-state index is 0.456. The van der Waals surface area contributed by atoms with Crippen molar-refractivity contribution in [2.24, 2.45) is 5.73 Å². The third-order valence-corrected chi connectivity index (χ3v) is 4.48. The zero-order chi connectivity index (χ0) is 14.7. The standard InChI is InChI=1S/C15H21Cl2N3/c1-3-10(4-2)15-19-13-8-11(16)12(17)9-14(13)20(15)7-5-6-18/h8-10H,3-7,18H2,1-2H3. The van der Waals surface area contributed by atoms with Crippen molar-refractivity contribution in [3.05, 3.63) is 28.0 Å². The lowest BCUT2D eigenvalue weighted by molar-refractivity contribution is 0.544. The van der Waals surface area contributed by atoms with E-state index in [2.05, 4.69) is 18.4 Å². The van der Waals surface area contributed by atoms with E-state index in [1.807, 2.05) is 12.1 Å². The molecule has 0 spiro atoms. The van der Waals surface area contributed by atoms with Gasteiger partial charge in [0.15, 0.2) is 0 Å². The van der Waals surface area contributed by atoms with Crippen molar-refractivity contribution in [2.45, 2.75) is 45.6 Å². The summed E-state index contributed by atoms with van der Waals surface area (Å²) in [5, 5.41) is 1.13. The Labute approximate surface area is 130 Å². The number of halogens is 2. The Kier molecular flexibility index (Phi) is 5.30. The third-order valence-electron chi connectivity index (χ3n) is 3.76. The van der Waals surface area contributed by atoms with E-state index in [9.17, 15) is 0 Å². The molecule has 1 aromatic heterocycles. The first-order valence-corrected chi connectivity index (χ1v) is 7.93. The normalized spacial score (nSPS) is 11.7. The van der Waals surface area contributed by atoms with Crippen LogP contribution in [0.5, 0.6) is 0 Å². The number of hydrogen-bond acceptors (Lipinski definition) is 2. The maximum absolute atomic E-state index is 6.15. The van der Waals surface area contributed by atoms with Gasteiger partial charge >= 0.3 is 0 Å². The molecule has 5 heteroatoms. The largest absolute Gasteiger partial charge is 0.330 e. The first-order valence-electron chi connectivity index (χ1n) is 7.17. The molecule has 0 aliphatic rings. The number of imidazole rings is 1. The van der Waals surface area contributed by atoms with Gasteiger partial charge in [-0.2, -0.15) is 0 Å². The van der Waals surface area contributed by atoms with Crippen molar-refractivity contribution in [3.8, 4) is 0 Å². The molecule has 0 unspecified atom stereocenters. The number of hydrogen-bond donors (Lipinski definition) is 1. The molecular weight excluding hydrogens is 293 g/mol. The zero-order valence-corrected chi connectivity index (χ0v) is 13.5. The number of nitrogens with two attached hydrogens (primary N) is 1. The van der Waals surface area contributed by atoms with Gasteiger partial charge in [-0.1, -0.05) is 37.0 Å². The molecule has 1 aromatic carbocycles. The lowest BCUT2D eigenvalue weighted by Gasteiger charge is -2.15. The van der Waals surface area contributed by atoms with Crippen LogP contribution in [0.25, 0.3) is 11.0 Å². The fourth-order valence-electron chi connectivity index (χ4n) is 2.59. The van der Waals surface area contributed by atoms with Gasteiger partial charge in [0.05, 0.1) is 21.1 Å². The molecule has 2 aromatic rings. The van der Waals surface area contributed by atoms with Gasteiger partial charge < -0.3 is 10.3 Å². The van der Waals surface area contributed by atoms with E-state index in [4.69, 9.17) is 33.9 Å². The average Bonchev–Trinajstić information content (AvgIpc) is 2.76. The van der Waals surface area contributed by atoms with Crippen molar-refractivity contribution in [1.29, 1.82) is 0 Å². The predicted octanol–water partition coefficient (Wildman–Crippen LogP) is 4.60. The number of nitrogens with zero attached hydrogens (tertiary/aromatic N) is 2. The van der Waals surface area contributed by atoms with Crippen molar-refractivity contribution >= 4 is 34.2 Å². The minimum Gasteiger partial charge on any atom is -0.330 e. The van der Waals surface area contributed by atoms with Crippen LogP contribution in [0, 0.1) is 0 Å². The molecule has 2 rings (SSSR count). The molecule has 0 fully saturated rings. The Morgan fingerprint density at radius 3 is 2.45 bits per heavy atom. The van der Waals surface area contributed by atoms with Crippen LogP contribution in [-0.4, -0.2) is 16.1 Å². The molecule has 0 saturated carbocycles. The summed E-state index contributed by atoms with van der Waals surface area (Å²) in [6, 6.07) is 3.76. The molecule has 0 bridgehead atoms. The highest BCUT2D eigenvalue weighted by molar-refractivity contribution is 6.42. The fourth-order valence-corrected chi connectivity index (χ4v) is 2.90. The van der Waals surface area contributed by atoms with Crippen LogP contribution in [0.4, 0.5) is 0 Å². The summed E-state index contributed by atoms with van der Waals surface area (Å²) in [7, 11) is 0. The van der Waals surface area contributed by atoms with Gasteiger partial charge in [-0.3, -0.25) is 0 Å². The summed E-state index contributed by atoms with van der Waals surface area (Å²) in [6.45, 7) is 5.93. The van der Waals surface area contributed by atoms with Crippen LogP contribution >= 0.6 is 23.2 Å². The second kappa shape index (κ2) is 6.79. The molecule has 0 aliphatic carbocycles. The van der Waals surface area contributed by atoms with Crippen LogP contribution in [-0.2, 0) is 6.54 Å². The lowest BCUT2D eigenvalue weighted by atomic mass is 10.0. The third kappa shape index (κ3) is 2.95. The molecule has 0 amide bonds. The van der Waals surface area contributed by atoms with Crippen molar-refractivity contribution in [3.63, 3.8) is 0 Å². The van der Waals surface area contributed by atoms with E-state index in [1.165, 1.54) is 0 Å². The van der Waals surface area contributed by atoms with Crippen molar-refractivity contribution in [2.75, 3.05) is 6.54 Å². The van der Waals surface area contributed by atoms with E-state index >= 15 is 0 Å². The van der Waals surface area contributed by atoms with Crippen LogP contribution in [0.2, 0.25) is 10.0 Å². The maximum atomic E-state index is 6.15. The Morgan fingerprint density at radius 1 is 1.20 bits per heavy atom. The van der Waals surface area contributed by atoms with Gasteiger partial charge in [-0.15, -0.1) is 0 Å². The summed E-state index contributed by atoms with van der Waals surface area (Å²) >= 11 is 12.3. The van der Waals surface area contributed by atoms with Gasteiger partial charge in [-0.05, 0) is 37.9 Å². The summed E-state index contributed by atoms with van der Waals surface area (Å²) in [4.78, 5) is 4.79. The topological polar surface area (TPSA) is 43.8 Å². The van der Waals surface area contributed by atoms with Crippen LogP contribution in [0.1, 0.15) is 44.9 Å². The minimum absolute atomic E-state index is 0.456. The van der Waals surface area contributed by atoms with E-state index in [0.29, 0.717) is 22.5 Å². The summed E-state index contributed by atoms with van der Waals surface area (Å²) in [5.74, 6) is 1.58. The Balaban J connectivity index is 2.59. The second-order valence-corrected chi connectivity index (χ2v) is 5.85. The Morgan fingerprint density at radius 2 is 1.85 bits per heavy atom. The van der Waals surface area contributed by atoms with E-state index in [1.54, 1.807) is 0 Å². The monoisotopic (exact) mass is 313 g/mol. The summed E-state index contributed by atoms with van der Waals surface area (Å²) in [5.41, 5.74) is 7.62.